The van der Waals surface area contributed by atoms with Crippen LogP contribution in [0.4, 0.5) is 0 Å². The quantitative estimate of drug-likeness (QED) is 0.496. The Morgan fingerprint density at radius 2 is 1.38 bits per heavy atom. The predicted octanol–water partition coefficient (Wildman–Crippen LogP) is 6.98. The molecule has 0 fully saturated rings. The average molecular weight is 318 g/mol. The summed E-state index contributed by atoms with van der Waals surface area (Å²) in [5, 5.41) is 1.25. The number of rotatable bonds is 2. The molecule has 24 heavy (non-hydrogen) atoms. The summed E-state index contributed by atoms with van der Waals surface area (Å²) in [6, 6.07) is 6.79. The standard InChI is InChI=1S/C23H26O/c1-8-9-19-22(20-15(4)10-13(2)11-16(20)5)21-17(6)12-14(3)18(7)23(21)24-19/h8-12H,1-7H3/b9-8-. The van der Waals surface area contributed by atoms with E-state index in [0.717, 1.165) is 11.3 Å². The van der Waals surface area contributed by atoms with Gasteiger partial charge in [-0.3, -0.25) is 0 Å². The van der Waals surface area contributed by atoms with Crippen LogP contribution in [-0.2, 0) is 0 Å². The number of hydrogen-bond donors (Lipinski definition) is 0. The molecular formula is C23H26O. The molecule has 1 nitrogen and oxygen atoms in total. The van der Waals surface area contributed by atoms with Crippen molar-refractivity contribution >= 4 is 17.0 Å². The van der Waals surface area contributed by atoms with Crippen molar-refractivity contribution in [3.05, 3.63) is 63.4 Å². The van der Waals surface area contributed by atoms with Gasteiger partial charge in [0.2, 0.25) is 0 Å². The lowest BCUT2D eigenvalue weighted by Gasteiger charge is -2.13. The maximum absolute atomic E-state index is 6.34. The fourth-order valence-corrected chi connectivity index (χ4v) is 3.86. The molecule has 0 unspecified atom stereocenters. The maximum atomic E-state index is 6.34. The van der Waals surface area contributed by atoms with Crippen LogP contribution in [0.2, 0.25) is 0 Å². The van der Waals surface area contributed by atoms with Gasteiger partial charge in [-0.2, -0.15) is 0 Å². The first-order chi connectivity index (χ1) is 11.3. The van der Waals surface area contributed by atoms with E-state index in [4.69, 9.17) is 4.42 Å². The Kier molecular flexibility index (Phi) is 4.13. The van der Waals surface area contributed by atoms with E-state index in [1.54, 1.807) is 0 Å². The smallest absolute Gasteiger partial charge is 0.138 e. The molecule has 0 atom stereocenters. The van der Waals surface area contributed by atoms with Gasteiger partial charge in [0.25, 0.3) is 0 Å². The van der Waals surface area contributed by atoms with Gasteiger partial charge in [0, 0.05) is 10.9 Å². The normalized spacial score (nSPS) is 11.8. The monoisotopic (exact) mass is 318 g/mol. The van der Waals surface area contributed by atoms with Crippen LogP contribution in [0.3, 0.4) is 0 Å². The molecule has 0 N–H and O–H groups in total. The Bertz CT molecular complexity index is 945. The van der Waals surface area contributed by atoms with Gasteiger partial charge in [0.15, 0.2) is 0 Å². The number of aryl methyl sites for hydroxylation is 6. The van der Waals surface area contributed by atoms with Crippen molar-refractivity contribution in [1.82, 2.24) is 0 Å². The minimum absolute atomic E-state index is 0.958. The molecule has 1 aromatic heterocycles. The van der Waals surface area contributed by atoms with Gasteiger partial charge in [-0.15, -0.1) is 0 Å². The highest BCUT2D eigenvalue weighted by atomic mass is 16.3. The zero-order chi connectivity index (χ0) is 17.6. The number of hydrogen-bond acceptors (Lipinski definition) is 1. The summed E-state index contributed by atoms with van der Waals surface area (Å²) in [6.45, 7) is 15.1. The van der Waals surface area contributed by atoms with Gasteiger partial charge in [0.05, 0.1) is 0 Å². The molecule has 0 saturated carbocycles. The molecule has 0 amide bonds. The topological polar surface area (TPSA) is 13.1 Å². The van der Waals surface area contributed by atoms with Crippen molar-refractivity contribution in [2.45, 2.75) is 48.5 Å². The van der Waals surface area contributed by atoms with Crippen LogP contribution >= 0.6 is 0 Å². The van der Waals surface area contributed by atoms with E-state index in [1.165, 1.54) is 49.9 Å². The number of fused-ring (bicyclic) bond motifs is 1. The summed E-state index contributed by atoms with van der Waals surface area (Å²) < 4.78 is 6.34. The van der Waals surface area contributed by atoms with E-state index < -0.39 is 0 Å². The summed E-state index contributed by atoms with van der Waals surface area (Å²) in [5.41, 5.74) is 11.3. The van der Waals surface area contributed by atoms with Crippen LogP contribution in [0.15, 0.2) is 28.7 Å². The second-order valence-corrected chi connectivity index (χ2v) is 6.95. The van der Waals surface area contributed by atoms with Gasteiger partial charge in [-0.05, 0) is 87.9 Å². The molecule has 3 aromatic rings. The Morgan fingerprint density at radius 3 is 1.96 bits per heavy atom. The van der Waals surface area contributed by atoms with Crippen molar-refractivity contribution in [2.75, 3.05) is 0 Å². The number of allylic oxidation sites excluding steroid dienone is 1. The first-order valence-electron chi connectivity index (χ1n) is 8.59. The van der Waals surface area contributed by atoms with Crippen LogP contribution in [0.5, 0.6) is 0 Å². The SMILES string of the molecule is C/C=C\c1oc2c(C)c(C)cc(C)c2c1-c1c(C)cc(C)cc1C. The van der Waals surface area contributed by atoms with E-state index in [-0.39, 0.29) is 0 Å². The lowest BCUT2D eigenvalue weighted by molar-refractivity contribution is 0.602. The third-order valence-corrected chi connectivity index (χ3v) is 4.94. The van der Waals surface area contributed by atoms with Gasteiger partial charge in [-0.1, -0.05) is 29.8 Å². The summed E-state index contributed by atoms with van der Waals surface area (Å²) in [6.07, 6.45) is 4.14. The summed E-state index contributed by atoms with van der Waals surface area (Å²) in [7, 11) is 0. The molecule has 1 heteroatoms. The highest BCUT2D eigenvalue weighted by Gasteiger charge is 2.21. The molecule has 0 aliphatic carbocycles. The van der Waals surface area contributed by atoms with Gasteiger partial charge < -0.3 is 4.42 Å². The molecule has 0 aliphatic rings. The maximum Gasteiger partial charge on any atom is 0.138 e. The van der Waals surface area contributed by atoms with Crippen LogP contribution in [-0.4, -0.2) is 0 Å². The van der Waals surface area contributed by atoms with E-state index in [0.29, 0.717) is 0 Å². The third kappa shape index (κ3) is 2.49. The lowest BCUT2D eigenvalue weighted by atomic mass is 9.89. The highest BCUT2D eigenvalue weighted by Crippen LogP contribution is 2.42. The molecule has 0 spiro atoms. The Hall–Kier alpha value is -2.28. The van der Waals surface area contributed by atoms with Crippen molar-refractivity contribution in [1.29, 1.82) is 0 Å². The van der Waals surface area contributed by atoms with Gasteiger partial charge in [0.1, 0.15) is 11.3 Å². The molecule has 3 rings (SSSR count). The number of benzene rings is 2. The largest absolute Gasteiger partial charge is 0.456 e. The van der Waals surface area contributed by atoms with Gasteiger partial charge in [-0.25, -0.2) is 0 Å². The molecule has 0 saturated heterocycles. The Labute approximate surface area is 145 Å². The second-order valence-electron chi connectivity index (χ2n) is 6.95. The second kappa shape index (κ2) is 5.98. The average Bonchev–Trinajstić information content (AvgIpc) is 2.84. The Morgan fingerprint density at radius 1 is 0.750 bits per heavy atom. The fraction of sp³-hybridized carbons (Fsp3) is 0.304. The van der Waals surface area contributed by atoms with Crippen molar-refractivity contribution in [3.63, 3.8) is 0 Å². The lowest BCUT2D eigenvalue weighted by Crippen LogP contribution is -1.92. The molecule has 2 aromatic carbocycles. The van der Waals surface area contributed by atoms with Crippen LogP contribution in [0, 0.1) is 41.5 Å². The highest BCUT2D eigenvalue weighted by molar-refractivity contribution is 6.03. The van der Waals surface area contributed by atoms with Crippen LogP contribution in [0.1, 0.15) is 46.1 Å². The predicted molar refractivity (Wildman–Crippen MR) is 105 cm³/mol. The van der Waals surface area contributed by atoms with Crippen molar-refractivity contribution in [3.8, 4) is 11.1 Å². The summed E-state index contributed by atoms with van der Waals surface area (Å²) >= 11 is 0. The van der Waals surface area contributed by atoms with E-state index >= 15 is 0 Å². The molecule has 1 heterocycles. The zero-order valence-electron chi connectivity index (χ0n) is 15.8. The first-order valence-corrected chi connectivity index (χ1v) is 8.59. The fourth-order valence-electron chi connectivity index (χ4n) is 3.86. The summed E-state index contributed by atoms with van der Waals surface area (Å²) in [4.78, 5) is 0. The molecule has 124 valence electrons. The van der Waals surface area contributed by atoms with E-state index in [1.807, 2.05) is 6.92 Å². The molecule has 0 bridgehead atoms. The minimum atomic E-state index is 0.958. The molecular weight excluding hydrogens is 292 g/mol. The number of furan rings is 1. The van der Waals surface area contributed by atoms with Crippen LogP contribution < -0.4 is 0 Å². The molecule has 0 radical (unpaired) electrons. The third-order valence-electron chi connectivity index (χ3n) is 4.94. The molecule has 0 aliphatic heterocycles. The van der Waals surface area contributed by atoms with Crippen molar-refractivity contribution < 1.29 is 4.42 Å². The minimum Gasteiger partial charge on any atom is -0.456 e. The van der Waals surface area contributed by atoms with Crippen molar-refractivity contribution in [2.24, 2.45) is 0 Å². The van der Waals surface area contributed by atoms with Crippen LogP contribution in [0.25, 0.3) is 28.2 Å². The zero-order valence-corrected chi connectivity index (χ0v) is 15.8. The van der Waals surface area contributed by atoms with E-state index in [9.17, 15) is 0 Å². The van der Waals surface area contributed by atoms with Gasteiger partial charge >= 0.3 is 0 Å². The Balaban J connectivity index is 2.52. The summed E-state index contributed by atoms with van der Waals surface area (Å²) in [5.74, 6) is 0.958. The first kappa shape index (κ1) is 16.6. The van der Waals surface area contributed by atoms with E-state index in [2.05, 4.69) is 71.9 Å².